The van der Waals surface area contributed by atoms with Crippen molar-refractivity contribution in [3.05, 3.63) is 0 Å². The van der Waals surface area contributed by atoms with Crippen molar-refractivity contribution in [2.24, 2.45) is 5.92 Å². The van der Waals surface area contributed by atoms with Gasteiger partial charge in [-0.15, -0.1) is 0 Å². The quantitative estimate of drug-likeness (QED) is 0.565. The second kappa shape index (κ2) is 11.0. The number of nitrogens with one attached hydrogen (secondary N) is 1. The SMILES string of the molecule is CCCCOCCNCCN(C)C(C)C(C)C. The van der Waals surface area contributed by atoms with Gasteiger partial charge in [-0.25, -0.2) is 0 Å². The van der Waals surface area contributed by atoms with Gasteiger partial charge in [0.15, 0.2) is 0 Å². The summed E-state index contributed by atoms with van der Waals surface area (Å²) >= 11 is 0. The van der Waals surface area contributed by atoms with E-state index in [0.717, 1.165) is 38.8 Å². The van der Waals surface area contributed by atoms with E-state index in [1.807, 2.05) is 0 Å². The first-order valence-electron chi connectivity index (χ1n) is 7.08. The molecular weight excluding hydrogens is 212 g/mol. The molecule has 0 heterocycles. The third-order valence-electron chi connectivity index (χ3n) is 3.37. The third-order valence-corrected chi connectivity index (χ3v) is 3.37. The molecule has 104 valence electrons. The Hall–Kier alpha value is -0.120. The lowest BCUT2D eigenvalue weighted by atomic mass is 10.1. The van der Waals surface area contributed by atoms with Gasteiger partial charge in [-0.05, 0) is 26.3 Å². The third kappa shape index (κ3) is 9.57. The van der Waals surface area contributed by atoms with Crippen LogP contribution in [0, 0.1) is 5.92 Å². The fraction of sp³-hybridized carbons (Fsp3) is 1.00. The zero-order valence-electron chi connectivity index (χ0n) is 12.5. The van der Waals surface area contributed by atoms with E-state index in [4.69, 9.17) is 4.74 Å². The molecule has 0 aliphatic rings. The van der Waals surface area contributed by atoms with Crippen LogP contribution in [0.15, 0.2) is 0 Å². The van der Waals surface area contributed by atoms with E-state index in [0.29, 0.717) is 6.04 Å². The topological polar surface area (TPSA) is 24.5 Å². The molecule has 0 rings (SSSR count). The van der Waals surface area contributed by atoms with Gasteiger partial charge in [-0.2, -0.15) is 0 Å². The Labute approximate surface area is 108 Å². The first kappa shape index (κ1) is 16.9. The maximum absolute atomic E-state index is 5.49. The number of unbranched alkanes of at least 4 members (excludes halogenated alkanes) is 1. The average Bonchev–Trinajstić information content (AvgIpc) is 2.31. The Kier molecular flexibility index (Phi) is 10.9. The Morgan fingerprint density at radius 3 is 2.41 bits per heavy atom. The normalized spacial score (nSPS) is 13.6. The number of hydrogen-bond donors (Lipinski definition) is 1. The van der Waals surface area contributed by atoms with Crippen LogP contribution in [-0.4, -0.2) is 50.8 Å². The van der Waals surface area contributed by atoms with Crippen molar-refractivity contribution in [1.29, 1.82) is 0 Å². The summed E-state index contributed by atoms with van der Waals surface area (Å²) in [7, 11) is 2.20. The van der Waals surface area contributed by atoms with Gasteiger partial charge in [-0.1, -0.05) is 27.2 Å². The van der Waals surface area contributed by atoms with Crippen molar-refractivity contribution in [3.8, 4) is 0 Å². The smallest absolute Gasteiger partial charge is 0.0590 e. The molecule has 1 unspecified atom stereocenters. The maximum Gasteiger partial charge on any atom is 0.0590 e. The molecule has 0 saturated carbocycles. The maximum atomic E-state index is 5.49. The van der Waals surface area contributed by atoms with E-state index in [9.17, 15) is 0 Å². The minimum absolute atomic E-state index is 0.651. The summed E-state index contributed by atoms with van der Waals surface area (Å²) in [4.78, 5) is 2.41. The highest BCUT2D eigenvalue weighted by molar-refractivity contribution is 4.67. The number of rotatable bonds is 11. The summed E-state index contributed by atoms with van der Waals surface area (Å²) < 4.78 is 5.49. The molecule has 0 bridgehead atoms. The van der Waals surface area contributed by atoms with Crippen LogP contribution in [0.2, 0.25) is 0 Å². The first-order valence-corrected chi connectivity index (χ1v) is 7.08. The lowest BCUT2D eigenvalue weighted by Crippen LogP contribution is -2.38. The van der Waals surface area contributed by atoms with Crippen molar-refractivity contribution >= 4 is 0 Å². The molecule has 0 radical (unpaired) electrons. The number of nitrogens with zero attached hydrogens (tertiary/aromatic N) is 1. The zero-order chi connectivity index (χ0) is 13.1. The molecule has 3 heteroatoms. The fourth-order valence-electron chi connectivity index (χ4n) is 1.59. The van der Waals surface area contributed by atoms with Gasteiger partial charge in [0.2, 0.25) is 0 Å². The first-order chi connectivity index (χ1) is 8.09. The molecule has 0 aliphatic carbocycles. The fourth-order valence-corrected chi connectivity index (χ4v) is 1.59. The predicted molar refractivity (Wildman–Crippen MR) is 75.5 cm³/mol. The van der Waals surface area contributed by atoms with Gasteiger partial charge >= 0.3 is 0 Å². The van der Waals surface area contributed by atoms with Gasteiger partial charge in [0.25, 0.3) is 0 Å². The Morgan fingerprint density at radius 2 is 1.82 bits per heavy atom. The Morgan fingerprint density at radius 1 is 1.12 bits per heavy atom. The summed E-state index contributed by atoms with van der Waals surface area (Å²) in [6.45, 7) is 13.9. The van der Waals surface area contributed by atoms with Crippen LogP contribution >= 0.6 is 0 Å². The van der Waals surface area contributed by atoms with E-state index >= 15 is 0 Å². The van der Waals surface area contributed by atoms with Gasteiger partial charge in [0, 0.05) is 32.3 Å². The van der Waals surface area contributed by atoms with Crippen LogP contribution < -0.4 is 5.32 Å². The molecule has 0 aromatic heterocycles. The van der Waals surface area contributed by atoms with E-state index in [1.54, 1.807) is 0 Å². The molecule has 0 fully saturated rings. The van der Waals surface area contributed by atoms with Crippen LogP contribution in [-0.2, 0) is 4.74 Å². The molecule has 17 heavy (non-hydrogen) atoms. The summed E-state index contributed by atoms with van der Waals surface area (Å²) in [6.07, 6.45) is 2.39. The van der Waals surface area contributed by atoms with Gasteiger partial charge in [0.05, 0.1) is 6.61 Å². The average molecular weight is 244 g/mol. The van der Waals surface area contributed by atoms with Crippen LogP contribution in [0.25, 0.3) is 0 Å². The van der Waals surface area contributed by atoms with Crippen molar-refractivity contribution in [2.75, 3.05) is 39.9 Å². The highest BCUT2D eigenvalue weighted by Gasteiger charge is 2.11. The molecule has 1 N–H and O–H groups in total. The molecule has 0 aromatic rings. The van der Waals surface area contributed by atoms with Crippen LogP contribution in [0.3, 0.4) is 0 Å². The molecule has 0 aliphatic heterocycles. The van der Waals surface area contributed by atoms with Crippen molar-refractivity contribution in [2.45, 2.75) is 46.6 Å². The molecule has 0 aromatic carbocycles. The molecule has 3 nitrogen and oxygen atoms in total. The Bertz CT molecular complexity index is 162. The largest absolute Gasteiger partial charge is 0.380 e. The van der Waals surface area contributed by atoms with Gasteiger partial charge in [0.1, 0.15) is 0 Å². The summed E-state index contributed by atoms with van der Waals surface area (Å²) in [5.74, 6) is 0.720. The Balaban J connectivity index is 3.27. The molecule has 0 saturated heterocycles. The standard InChI is InChI=1S/C14H32N2O/c1-6-7-11-17-12-9-15-8-10-16(5)14(4)13(2)3/h13-15H,6-12H2,1-5H3. The minimum atomic E-state index is 0.651. The number of ether oxygens (including phenoxy) is 1. The summed E-state index contributed by atoms with van der Waals surface area (Å²) in [6, 6.07) is 0.651. The molecule has 0 spiro atoms. The van der Waals surface area contributed by atoms with Gasteiger partial charge < -0.3 is 15.0 Å². The van der Waals surface area contributed by atoms with E-state index in [2.05, 4.69) is 45.0 Å². The lowest BCUT2D eigenvalue weighted by molar-refractivity contribution is 0.131. The molecule has 0 amide bonds. The van der Waals surface area contributed by atoms with Crippen LogP contribution in [0.1, 0.15) is 40.5 Å². The zero-order valence-corrected chi connectivity index (χ0v) is 12.5. The highest BCUT2D eigenvalue weighted by atomic mass is 16.5. The van der Waals surface area contributed by atoms with E-state index < -0.39 is 0 Å². The second-order valence-corrected chi connectivity index (χ2v) is 5.18. The van der Waals surface area contributed by atoms with E-state index in [1.165, 1.54) is 12.8 Å². The summed E-state index contributed by atoms with van der Waals surface area (Å²) in [5.41, 5.74) is 0. The van der Waals surface area contributed by atoms with Crippen molar-refractivity contribution < 1.29 is 4.74 Å². The highest BCUT2D eigenvalue weighted by Crippen LogP contribution is 2.06. The second-order valence-electron chi connectivity index (χ2n) is 5.18. The van der Waals surface area contributed by atoms with E-state index in [-0.39, 0.29) is 0 Å². The predicted octanol–water partition coefficient (Wildman–Crippen LogP) is 2.37. The number of hydrogen-bond acceptors (Lipinski definition) is 3. The summed E-state index contributed by atoms with van der Waals surface area (Å²) in [5, 5.41) is 3.42. The van der Waals surface area contributed by atoms with Crippen LogP contribution in [0.5, 0.6) is 0 Å². The molecular formula is C14H32N2O. The van der Waals surface area contributed by atoms with Gasteiger partial charge in [-0.3, -0.25) is 0 Å². The monoisotopic (exact) mass is 244 g/mol. The van der Waals surface area contributed by atoms with Crippen molar-refractivity contribution in [1.82, 2.24) is 10.2 Å². The van der Waals surface area contributed by atoms with Crippen LogP contribution in [0.4, 0.5) is 0 Å². The lowest BCUT2D eigenvalue weighted by Gasteiger charge is -2.27. The number of likely N-dealkylation sites (N-methyl/N-ethyl adjacent to an activating group) is 1. The molecule has 1 atom stereocenters. The minimum Gasteiger partial charge on any atom is -0.380 e. The van der Waals surface area contributed by atoms with Crippen molar-refractivity contribution in [3.63, 3.8) is 0 Å².